The van der Waals surface area contributed by atoms with Crippen LogP contribution >= 0.6 is 0 Å². The molecule has 0 radical (unpaired) electrons. The van der Waals surface area contributed by atoms with Crippen LogP contribution in [0.5, 0.6) is 11.5 Å². The van der Waals surface area contributed by atoms with Crippen molar-refractivity contribution in [2.75, 3.05) is 6.61 Å². The van der Waals surface area contributed by atoms with Crippen molar-refractivity contribution in [3.63, 3.8) is 0 Å². The van der Waals surface area contributed by atoms with Gasteiger partial charge < -0.3 is 14.9 Å². The van der Waals surface area contributed by atoms with Crippen LogP contribution in [0.3, 0.4) is 0 Å². The molecule has 5 nitrogen and oxygen atoms in total. The van der Waals surface area contributed by atoms with E-state index in [1.54, 1.807) is 0 Å². The molecule has 2 aromatic carbocycles. The lowest BCUT2D eigenvalue weighted by atomic mass is 10.1. The summed E-state index contributed by atoms with van der Waals surface area (Å²) in [5.74, 6) is -2.72. The standard InChI is InChI=1S/C15H11FO5/c16-10-3-1-2-9(6-10)14(19)8-21-15(20)12-5-4-11(17)7-13(12)18/h1-7,17-18H,8H2. The highest BCUT2D eigenvalue weighted by atomic mass is 19.1. The average Bonchev–Trinajstić information content (AvgIpc) is 2.44. The summed E-state index contributed by atoms with van der Waals surface area (Å²) in [5, 5.41) is 18.6. The highest BCUT2D eigenvalue weighted by molar-refractivity contribution is 5.99. The number of hydrogen-bond acceptors (Lipinski definition) is 5. The fraction of sp³-hybridized carbons (Fsp3) is 0.0667. The Kier molecular flexibility index (Phi) is 4.18. The summed E-state index contributed by atoms with van der Waals surface area (Å²) >= 11 is 0. The third kappa shape index (κ3) is 3.56. The van der Waals surface area contributed by atoms with Gasteiger partial charge in [0.2, 0.25) is 0 Å². The van der Waals surface area contributed by atoms with Gasteiger partial charge in [0.1, 0.15) is 22.9 Å². The maximum atomic E-state index is 13.0. The van der Waals surface area contributed by atoms with Gasteiger partial charge in [0.15, 0.2) is 12.4 Å². The number of phenolic OH excluding ortho intramolecular Hbond substituents is 2. The summed E-state index contributed by atoms with van der Waals surface area (Å²) in [6.45, 7) is -0.581. The number of halogens is 1. The molecular formula is C15H11FO5. The van der Waals surface area contributed by atoms with Crippen LogP contribution < -0.4 is 0 Å². The van der Waals surface area contributed by atoms with Crippen molar-refractivity contribution in [2.24, 2.45) is 0 Å². The van der Waals surface area contributed by atoms with Crippen molar-refractivity contribution in [3.8, 4) is 11.5 Å². The van der Waals surface area contributed by atoms with E-state index < -0.39 is 29.9 Å². The minimum absolute atomic E-state index is 0.0812. The van der Waals surface area contributed by atoms with E-state index in [-0.39, 0.29) is 16.9 Å². The smallest absolute Gasteiger partial charge is 0.342 e. The molecular weight excluding hydrogens is 279 g/mol. The Morgan fingerprint density at radius 2 is 1.86 bits per heavy atom. The van der Waals surface area contributed by atoms with Gasteiger partial charge in [-0.25, -0.2) is 9.18 Å². The van der Waals surface area contributed by atoms with Gasteiger partial charge in [0.25, 0.3) is 0 Å². The first kappa shape index (κ1) is 14.5. The van der Waals surface area contributed by atoms with E-state index >= 15 is 0 Å². The molecule has 0 saturated carbocycles. The second-order valence-corrected chi connectivity index (χ2v) is 4.21. The van der Waals surface area contributed by atoms with Crippen LogP contribution in [0, 0.1) is 5.82 Å². The van der Waals surface area contributed by atoms with Crippen molar-refractivity contribution in [1.82, 2.24) is 0 Å². The molecule has 0 unspecified atom stereocenters. The normalized spacial score (nSPS) is 10.1. The predicted molar refractivity (Wildman–Crippen MR) is 70.8 cm³/mol. The Hall–Kier alpha value is -2.89. The molecule has 2 rings (SSSR count). The SMILES string of the molecule is O=C(COC(=O)c1ccc(O)cc1O)c1cccc(F)c1. The van der Waals surface area contributed by atoms with Crippen LogP contribution in [0.15, 0.2) is 42.5 Å². The number of Topliss-reactive ketones (excluding diaryl/α,β-unsaturated/α-hetero) is 1. The number of ketones is 1. The monoisotopic (exact) mass is 290 g/mol. The van der Waals surface area contributed by atoms with Gasteiger partial charge in [0, 0.05) is 11.6 Å². The van der Waals surface area contributed by atoms with Crippen molar-refractivity contribution < 1.29 is 28.9 Å². The molecule has 0 amide bonds. The quantitative estimate of drug-likeness (QED) is 0.666. The Labute approximate surface area is 119 Å². The number of phenols is 2. The van der Waals surface area contributed by atoms with Gasteiger partial charge >= 0.3 is 5.97 Å². The zero-order valence-electron chi connectivity index (χ0n) is 10.7. The summed E-state index contributed by atoms with van der Waals surface area (Å²) in [6, 6.07) is 8.34. The summed E-state index contributed by atoms with van der Waals surface area (Å²) < 4.78 is 17.7. The molecule has 0 aromatic heterocycles. The Morgan fingerprint density at radius 3 is 2.52 bits per heavy atom. The molecule has 0 spiro atoms. The Balaban J connectivity index is 2.02. The number of esters is 1. The number of rotatable bonds is 4. The van der Waals surface area contributed by atoms with Gasteiger partial charge in [-0.3, -0.25) is 4.79 Å². The molecule has 0 aliphatic heterocycles. The highest BCUT2D eigenvalue weighted by Gasteiger charge is 2.15. The van der Waals surface area contributed by atoms with Gasteiger partial charge in [-0.1, -0.05) is 12.1 Å². The minimum atomic E-state index is -0.919. The molecule has 2 N–H and O–H groups in total. The molecule has 108 valence electrons. The summed E-state index contributed by atoms with van der Waals surface area (Å²) in [4.78, 5) is 23.4. The number of benzene rings is 2. The molecule has 0 bridgehead atoms. The van der Waals surface area contributed by atoms with Crippen molar-refractivity contribution >= 4 is 11.8 Å². The first-order valence-electron chi connectivity index (χ1n) is 5.95. The van der Waals surface area contributed by atoms with Crippen LogP contribution in [-0.2, 0) is 4.74 Å². The largest absolute Gasteiger partial charge is 0.508 e. The number of hydrogen-bond donors (Lipinski definition) is 2. The van der Waals surface area contributed by atoms with E-state index in [1.807, 2.05) is 0 Å². The van der Waals surface area contributed by atoms with Gasteiger partial charge in [-0.15, -0.1) is 0 Å². The third-order valence-corrected chi connectivity index (χ3v) is 2.68. The van der Waals surface area contributed by atoms with Gasteiger partial charge in [-0.05, 0) is 24.3 Å². The maximum absolute atomic E-state index is 13.0. The van der Waals surface area contributed by atoms with E-state index in [9.17, 15) is 19.1 Å². The lowest BCUT2D eigenvalue weighted by Gasteiger charge is -2.06. The number of carbonyl (C=O) groups is 2. The maximum Gasteiger partial charge on any atom is 0.342 e. The van der Waals surface area contributed by atoms with Gasteiger partial charge in [0.05, 0.1) is 0 Å². The van der Waals surface area contributed by atoms with Crippen molar-refractivity contribution in [1.29, 1.82) is 0 Å². The van der Waals surface area contributed by atoms with E-state index in [2.05, 4.69) is 0 Å². The predicted octanol–water partition coefficient (Wildman–Crippen LogP) is 2.28. The number of aromatic hydroxyl groups is 2. The molecule has 6 heteroatoms. The minimum Gasteiger partial charge on any atom is -0.508 e. The average molecular weight is 290 g/mol. The highest BCUT2D eigenvalue weighted by Crippen LogP contribution is 2.23. The molecule has 0 aliphatic carbocycles. The van der Waals surface area contributed by atoms with Gasteiger partial charge in [-0.2, -0.15) is 0 Å². The molecule has 0 saturated heterocycles. The van der Waals surface area contributed by atoms with E-state index in [4.69, 9.17) is 9.84 Å². The summed E-state index contributed by atoms with van der Waals surface area (Å²) in [5.41, 5.74) is -0.0995. The number of carbonyl (C=O) groups excluding carboxylic acids is 2. The lowest BCUT2D eigenvalue weighted by molar-refractivity contribution is 0.0471. The molecule has 21 heavy (non-hydrogen) atoms. The fourth-order valence-corrected chi connectivity index (χ4v) is 1.65. The Morgan fingerprint density at radius 1 is 1.10 bits per heavy atom. The zero-order valence-corrected chi connectivity index (χ0v) is 10.7. The first-order chi connectivity index (χ1) is 9.97. The van der Waals surface area contributed by atoms with E-state index in [0.29, 0.717) is 0 Å². The van der Waals surface area contributed by atoms with Crippen LogP contribution in [-0.4, -0.2) is 28.6 Å². The van der Waals surface area contributed by atoms with Crippen LogP contribution in [0.25, 0.3) is 0 Å². The van der Waals surface area contributed by atoms with Crippen LogP contribution in [0.1, 0.15) is 20.7 Å². The molecule has 0 atom stereocenters. The third-order valence-electron chi connectivity index (χ3n) is 2.68. The molecule has 2 aromatic rings. The first-order valence-corrected chi connectivity index (χ1v) is 5.95. The second kappa shape index (κ2) is 6.04. The summed E-state index contributed by atoms with van der Waals surface area (Å²) in [6.07, 6.45) is 0. The van der Waals surface area contributed by atoms with Crippen molar-refractivity contribution in [3.05, 3.63) is 59.4 Å². The molecule has 0 heterocycles. The van der Waals surface area contributed by atoms with E-state index in [1.165, 1.54) is 30.3 Å². The van der Waals surface area contributed by atoms with Crippen LogP contribution in [0.2, 0.25) is 0 Å². The Bertz CT molecular complexity index is 696. The molecule has 0 aliphatic rings. The summed E-state index contributed by atoms with van der Waals surface area (Å²) in [7, 11) is 0. The fourth-order valence-electron chi connectivity index (χ4n) is 1.65. The lowest BCUT2D eigenvalue weighted by Crippen LogP contribution is -2.14. The zero-order chi connectivity index (χ0) is 15.4. The molecule has 0 fully saturated rings. The number of ether oxygens (including phenoxy) is 1. The van der Waals surface area contributed by atoms with E-state index in [0.717, 1.165) is 12.1 Å². The van der Waals surface area contributed by atoms with Crippen molar-refractivity contribution in [2.45, 2.75) is 0 Å². The van der Waals surface area contributed by atoms with Crippen LogP contribution in [0.4, 0.5) is 4.39 Å². The topological polar surface area (TPSA) is 83.8 Å². The second-order valence-electron chi connectivity index (χ2n) is 4.21.